The zero-order chi connectivity index (χ0) is 15.0. The first-order valence-electron chi connectivity index (χ1n) is 4.04. The number of pyridine rings is 1. The number of nitrogens with one attached hydrogen (secondary N) is 1. The third-order valence-electron chi connectivity index (χ3n) is 1.64. The Labute approximate surface area is 106 Å². The summed E-state index contributed by atoms with van der Waals surface area (Å²) in [5.74, 6) is -1.51. The SMILES string of the molecule is O=c1[nH]cc(OC(F)(F)F)c(S(=O)(=O)Cl)c1[N+](=O)[O-]. The summed E-state index contributed by atoms with van der Waals surface area (Å²) in [4.78, 5) is 20.0. The number of hydrogen-bond acceptors (Lipinski definition) is 6. The molecule has 0 fully saturated rings. The van der Waals surface area contributed by atoms with Gasteiger partial charge >= 0.3 is 17.6 Å². The summed E-state index contributed by atoms with van der Waals surface area (Å²) in [5.41, 5.74) is -3.21. The molecule has 0 unspecified atom stereocenters. The van der Waals surface area contributed by atoms with E-state index in [1.165, 1.54) is 4.98 Å². The van der Waals surface area contributed by atoms with E-state index in [9.17, 15) is 36.5 Å². The van der Waals surface area contributed by atoms with E-state index in [0.29, 0.717) is 0 Å². The second kappa shape index (κ2) is 4.70. The van der Waals surface area contributed by atoms with Crippen LogP contribution in [0.5, 0.6) is 5.75 Å². The van der Waals surface area contributed by atoms with Crippen LogP contribution in [0.4, 0.5) is 18.9 Å². The van der Waals surface area contributed by atoms with Crippen LogP contribution < -0.4 is 10.3 Å². The van der Waals surface area contributed by atoms with Gasteiger partial charge in [-0.05, 0) is 0 Å². The van der Waals surface area contributed by atoms with Crippen molar-refractivity contribution in [1.82, 2.24) is 4.98 Å². The Bertz CT molecular complexity index is 681. The van der Waals surface area contributed by atoms with Gasteiger partial charge in [-0.15, -0.1) is 13.2 Å². The standard InChI is InChI=1S/C6H2ClF3N2O6S/c7-19(16,17)4-2(18-6(8,9)10)1-11-5(13)3(4)12(14)15/h1H,(H,11,13). The van der Waals surface area contributed by atoms with Crippen LogP contribution in [0.1, 0.15) is 0 Å². The number of nitro groups is 1. The van der Waals surface area contributed by atoms with Gasteiger partial charge in [0.25, 0.3) is 9.05 Å². The first-order valence-corrected chi connectivity index (χ1v) is 6.35. The zero-order valence-corrected chi connectivity index (χ0v) is 9.97. The maximum atomic E-state index is 12.0. The highest BCUT2D eigenvalue weighted by atomic mass is 35.7. The molecule has 0 saturated carbocycles. The number of rotatable bonds is 3. The Morgan fingerprint density at radius 3 is 2.32 bits per heavy atom. The van der Waals surface area contributed by atoms with Gasteiger partial charge < -0.3 is 9.72 Å². The van der Waals surface area contributed by atoms with Gasteiger partial charge in [-0.2, -0.15) is 0 Å². The van der Waals surface area contributed by atoms with Gasteiger partial charge in [-0.25, -0.2) is 8.42 Å². The van der Waals surface area contributed by atoms with Crippen molar-refractivity contribution in [2.45, 2.75) is 11.3 Å². The van der Waals surface area contributed by atoms with Crippen LogP contribution in [0.25, 0.3) is 0 Å². The van der Waals surface area contributed by atoms with Crippen LogP contribution in [-0.4, -0.2) is 24.7 Å². The van der Waals surface area contributed by atoms with Gasteiger partial charge in [0.1, 0.15) is 0 Å². The summed E-state index contributed by atoms with van der Waals surface area (Å²) in [7, 11) is -0.237. The third-order valence-corrected chi connectivity index (χ3v) is 2.99. The average molecular weight is 323 g/mol. The van der Waals surface area contributed by atoms with Crippen molar-refractivity contribution in [3.05, 3.63) is 26.7 Å². The molecule has 1 rings (SSSR count). The normalized spacial score (nSPS) is 12.2. The van der Waals surface area contributed by atoms with E-state index >= 15 is 0 Å². The molecule has 1 aromatic heterocycles. The largest absolute Gasteiger partial charge is 0.573 e. The molecule has 0 saturated heterocycles. The van der Waals surface area contributed by atoms with Crippen LogP contribution in [0.3, 0.4) is 0 Å². The smallest absolute Gasteiger partial charge is 0.402 e. The van der Waals surface area contributed by atoms with Gasteiger partial charge in [0.15, 0.2) is 5.75 Å². The number of aromatic nitrogens is 1. The molecule has 106 valence electrons. The Balaban J connectivity index is 3.73. The van der Waals surface area contributed by atoms with Crippen LogP contribution in [0.2, 0.25) is 0 Å². The molecule has 0 amide bonds. The van der Waals surface area contributed by atoms with E-state index in [1.54, 1.807) is 0 Å². The molecule has 0 aliphatic carbocycles. The third kappa shape index (κ3) is 3.57. The first kappa shape index (κ1) is 15.2. The fourth-order valence-corrected chi connectivity index (χ4v) is 2.27. The molecule has 0 radical (unpaired) electrons. The van der Waals surface area contributed by atoms with Crippen molar-refractivity contribution in [2.75, 3.05) is 0 Å². The second-order valence-electron chi connectivity index (χ2n) is 2.90. The molecule has 0 spiro atoms. The van der Waals surface area contributed by atoms with Gasteiger partial charge in [-0.3, -0.25) is 14.9 Å². The molecule has 13 heteroatoms. The van der Waals surface area contributed by atoms with Crippen LogP contribution >= 0.6 is 10.7 Å². The summed E-state index contributed by atoms with van der Waals surface area (Å²) in [6.07, 6.45) is -5.12. The van der Waals surface area contributed by atoms with Gasteiger partial charge in [-0.1, -0.05) is 0 Å². The summed E-state index contributed by atoms with van der Waals surface area (Å²) >= 11 is 0. The molecule has 0 aliphatic heterocycles. The van der Waals surface area contributed by atoms with Gasteiger partial charge in [0.2, 0.25) is 4.90 Å². The van der Waals surface area contributed by atoms with Crippen molar-refractivity contribution in [1.29, 1.82) is 0 Å². The Morgan fingerprint density at radius 1 is 1.42 bits per heavy atom. The second-order valence-corrected chi connectivity index (χ2v) is 5.41. The Morgan fingerprint density at radius 2 is 1.95 bits per heavy atom. The minimum atomic E-state index is -5.33. The highest BCUT2D eigenvalue weighted by molar-refractivity contribution is 8.14. The molecule has 19 heavy (non-hydrogen) atoms. The minimum Gasteiger partial charge on any atom is -0.402 e. The van der Waals surface area contributed by atoms with E-state index in [-0.39, 0.29) is 6.20 Å². The minimum absolute atomic E-state index is 0.206. The molecule has 0 aromatic carbocycles. The monoisotopic (exact) mass is 322 g/mol. The summed E-state index contributed by atoms with van der Waals surface area (Å²) in [6.45, 7) is 0. The van der Waals surface area contributed by atoms with E-state index in [2.05, 4.69) is 4.74 Å². The molecule has 1 aromatic rings. The summed E-state index contributed by atoms with van der Waals surface area (Å²) < 4.78 is 61.5. The van der Waals surface area contributed by atoms with E-state index in [4.69, 9.17) is 10.7 Å². The maximum absolute atomic E-state index is 12.0. The molecule has 1 heterocycles. The molecular weight excluding hydrogens is 321 g/mol. The molecule has 0 aliphatic rings. The highest BCUT2D eigenvalue weighted by Gasteiger charge is 2.39. The highest BCUT2D eigenvalue weighted by Crippen LogP contribution is 2.35. The summed E-state index contributed by atoms with van der Waals surface area (Å²) in [5, 5.41) is 10.5. The van der Waals surface area contributed by atoms with Gasteiger partial charge in [0.05, 0.1) is 4.92 Å². The number of nitrogens with zero attached hydrogens (tertiary/aromatic N) is 1. The van der Waals surface area contributed by atoms with E-state index in [0.717, 1.165) is 0 Å². The lowest BCUT2D eigenvalue weighted by Gasteiger charge is -2.10. The number of aromatic amines is 1. The average Bonchev–Trinajstić information content (AvgIpc) is 2.15. The zero-order valence-electron chi connectivity index (χ0n) is 8.39. The molecule has 1 N–H and O–H groups in total. The number of halogens is 4. The topological polar surface area (TPSA) is 119 Å². The van der Waals surface area contributed by atoms with Crippen molar-refractivity contribution in [2.24, 2.45) is 0 Å². The number of H-pyrrole nitrogens is 1. The van der Waals surface area contributed by atoms with Crippen LogP contribution in [-0.2, 0) is 9.05 Å². The van der Waals surface area contributed by atoms with Crippen molar-refractivity contribution in [3.63, 3.8) is 0 Å². The van der Waals surface area contributed by atoms with Crippen molar-refractivity contribution < 1.29 is 31.2 Å². The number of alkyl halides is 3. The van der Waals surface area contributed by atoms with Gasteiger partial charge in [0, 0.05) is 16.9 Å². The van der Waals surface area contributed by atoms with E-state index in [1.807, 2.05) is 0 Å². The molecular formula is C6H2ClF3N2O6S. The molecule has 8 nitrogen and oxygen atoms in total. The predicted octanol–water partition coefficient (Wildman–Crippen LogP) is 1.11. The van der Waals surface area contributed by atoms with E-state index < -0.39 is 42.2 Å². The maximum Gasteiger partial charge on any atom is 0.573 e. The molecule has 0 atom stereocenters. The molecule has 0 bridgehead atoms. The van der Waals surface area contributed by atoms with Crippen molar-refractivity contribution in [3.8, 4) is 5.75 Å². The van der Waals surface area contributed by atoms with Crippen LogP contribution in [0.15, 0.2) is 15.9 Å². The fourth-order valence-electron chi connectivity index (χ4n) is 1.09. The Kier molecular flexibility index (Phi) is 3.77. The number of ether oxygens (including phenoxy) is 1. The lowest BCUT2D eigenvalue weighted by Crippen LogP contribution is -2.22. The Hall–Kier alpha value is -1.82. The quantitative estimate of drug-likeness (QED) is 0.505. The first-order chi connectivity index (χ1) is 8.43. The predicted molar refractivity (Wildman–Crippen MR) is 53.4 cm³/mol. The lowest BCUT2D eigenvalue weighted by molar-refractivity contribution is -0.389. The summed E-state index contributed by atoms with van der Waals surface area (Å²) in [6, 6.07) is 0. The van der Waals surface area contributed by atoms with Crippen molar-refractivity contribution >= 4 is 25.4 Å². The lowest BCUT2D eigenvalue weighted by atomic mass is 10.4. The van der Waals surface area contributed by atoms with Crippen LogP contribution in [0, 0.1) is 10.1 Å². The number of hydrogen-bond donors (Lipinski definition) is 1. The fraction of sp³-hybridized carbons (Fsp3) is 0.167.